The number of carbonyl (C=O) groups is 2. The number of carbonyl (C=O) groups excluding carboxylic acids is 2. The van der Waals surface area contributed by atoms with Crippen LogP contribution in [0.15, 0.2) is 46.3 Å². The molecule has 0 unspecified atom stereocenters. The molecule has 0 spiro atoms. The number of thiophene rings is 1. The van der Waals surface area contributed by atoms with E-state index in [0.717, 1.165) is 9.86 Å². The fourth-order valence-electron chi connectivity index (χ4n) is 1.49. The quantitative estimate of drug-likeness (QED) is 0.453. The molecule has 0 aliphatic rings. The molecule has 1 aromatic carbocycles. The molecular weight excluding hydrogens is 359 g/mol. The topological polar surface area (TPSA) is 43.4 Å². The number of hydrogen-bond donors (Lipinski definition) is 0. The fraction of sp³-hybridized carbons (Fsp3) is 0.0667. The van der Waals surface area contributed by atoms with Gasteiger partial charge in [0.1, 0.15) is 5.82 Å². The lowest BCUT2D eigenvalue weighted by Gasteiger charge is -1.99. The van der Waals surface area contributed by atoms with Gasteiger partial charge in [-0.15, -0.1) is 11.3 Å². The van der Waals surface area contributed by atoms with E-state index in [-0.39, 0.29) is 18.2 Å². The van der Waals surface area contributed by atoms with E-state index in [4.69, 9.17) is 4.74 Å². The van der Waals surface area contributed by atoms with Crippen molar-refractivity contribution in [2.45, 2.75) is 0 Å². The first-order valence-electron chi connectivity index (χ1n) is 5.93. The summed E-state index contributed by atoms with van der Waals surface area (Å²) in [6.45, 7) is -0.320. The molecule has 0 radical (unpaired) electrons. The molecule has 0 fully saturated rings. The second kappa shape index (κ2) is 7.28. The molecule has 0 saturated heterocycles. The molecule has 0 N–H and O–H groups in total. The SMILES string of the molecule is O=C(C=Cc1cccc(F)c1)OCC(=O)c1ccc(Br)s1. The number of ketones is 1. The van der Waals surface area contributed by atoms with E-state index in [2.05, 4.69) is 15.9 Å². The second-order valence-electron chi connectivity index (χ2n) is 4.02. The molecule has 3 nitrogen and oxygen atoms in total. The van der Waals surface area contributed by atoms with Crippen LogP contribution in [0.4, 0.5) is 4.39 Å². The molecule has 0 saturated carbocycles. The predicted octanol–water partition coefficient (Wildman–Crippen LogP) is 4.09. The fourth-order valence-corrected chi connectivity index (χ4v) is 2.80. The van der Waals surface area contributed by atoms with Crippen molar-refractivity contribution < 1.29 is 18.7 Å². The Morgan fingerprint density at radius 3 is 2.76 bits per heavy atom. The van der Waals surface area contributed by atoms with E-state index >= 15 is 0 Å². The first kappa shape index (κ1) is 15.6. The average Bonchev–Trinajstić information content (AvgIpc) is 2.89. The summed E-state index contributed by atoms with van der Waals surface area (Å²) < 4.78 is 18.6. The number of Topliss-reactive ketones (excluding diaryl/α,β-unsaturated/α-hetero) is 1. The third kappa shape index (κ3) is 4.91. The third-order valence-corrected chi connectivity index (χ3v) is 4.12. The minimum Gasteiger partial charge on any atom is -0.454 e. The Labute approximate surface area is 133 Å². The lowest BCUT2D eigenvalue weighted by Crippen LogP contribution is -2.11. The van der Waals surface area contributed by atoms with E-state index in [9.17, 15) is 14.0 Å². The van der Waals surface area contributed by atoms with Gasteiger partial charge in [0.05, 0.1) is 8.66 Å². The van der Waals surface area contributed by atoms with E-state index in [0.29, 0.717) is 10.4 Å². The van der Waals surface area contributed by atoms with Gasteiger partial charge in [0.15, 0.2) is 6.61 Å². The Morgan fingerprint density at radius 1 is 1.29 bits per heavy atom. The summed E-state index contributed by atoms with van der Waals surface area (Å²) in [5, 5.41) is 0. The van der Waals surface area contributed by atoms with Gasteiger partial charge < -0.3 is 4.74 Å². The standard InChI is InChI=1S/C15H10BrFO3S/c16-14-6-5-13(21-14)12(18)9-20-15(19)7-4-10-2-1-3-11(17)8-10/h1-8H,9H2. The van der Waals surface area contributed by atoms with Crippen molar-refractivity contribution in [2.75, 3.05) is 6.61 Å². The third-order valence-electron chi connectivity index (χ3n) is 2.45. The molecule has 21 heavy (non-hydrogen) atoms. The molecule has 1 heterocycles. The Morgan fingerprint density at radius 2 is 2.10 bits per heavy atom. The number of rotatable bonds is 5. The maximum absolute atomic E-state index is 12.9. The Bertz CT molecular complexity index is 694. The van der Waals surface area contributed by atoms with Gasteiger partial charge in [0, 0.05) is 6.08 Å². The first-order chi connectivity index (χ1) is 10.0. The summed E-state index contributed by atoms with van der Waals surface area (Å²) in [5.41, 5.74) is 0.542. The molecular formula is C15H10BrFO3S. The summed E-state index contributed by atoms with van der Waals surface area (Å²) in [4.78, 5) is 23.7. The highest BCUT2D eigenvalue weighted by Gasteiger charge is 2.10. The summed E-state index contributed by atoms with van der Waals surface area (Å²) in [6.07, 6.45) is 2.59. The molecule has 2 rings (SSSR count). The van der Waals surface area contributed by atoms with E-state index in [1.54, 1.807) is 24.3 Å². The minimum atomic E-state index is -0.650. The minimum absolute atomic E-state index is 0.266. The van der Waals surface area contributed by atoms with Crippen LogP contribution in [0.1, 0.15) is 15.2 Å². The van der Waals surface area contributed by atoms with Crippen LogP contribution in [-0.4, -0.2) is 18.4 Å². The van der Waals surface area contributed by atoms with E-state index in [1.807, 2.05) is 0 Å². The van der Waals surface area contributed by atoms with Crippen LogP contribution in [0.5, 0.6) is 0 Å². The van der Waals surface area contributed by atoms with Crippen LogP contribution in [0.3, 0.4) is 0 Å². The van der Waals surface area contributed by atoms with Gasteiger partial charge in [-0.2, -0.15) is 0 Å². The summed E-state index contributed by atoms with van der Waals surface area (Å²) >= 11 is 4.53. The summed E-state index contributed by atoms with van der Waals surface area (Å²) in [6, 6.07) is 9.21. The first-order valence-corrected chi connectivity index (χ1v) is 7.54. The van der Waals surface area contributed by atoms with Crippen molar-refractivity contribution in [1.82, 2.24) is 0 Å². The zero-order valence-corrected chi connectivity index (χ0v) is 13.1. The highest BCUT2D eigenvalue weighted by molar-refractivity contribution is 9.11. The van der Waals surface area contributed by atoms with Crippen LogP contribution in [0, 0.1) is 5.82 Å². The lowest BCUT2D eigenvalue weighted by molar-refractivity contribution is -0.136. The van der Waals surface area contributed by atoms with Gasteiger partial charge in [-0.3, -0.25) is 4.79 Å². The maximum atomic E-state index is 12.9. The van der Waals surface area contributed by atoms with Gasteiger partial charge in [0.2, 0.25) is 5.78 Å². The van der Waals surface area contributed by atoms with Crippen molar-refractivity contribution in [2.24, 2.45) is 0 Å². The van der Waals surface area contributed by atoms with Crippen LogP contribution in [0.25, 0.3) is 6.08 Å². The Hall–Kier alpha value is -1.79. The van der Waals surface area contributed by atoms with Crippen LogP contribution >= 0.6 is 27.3 Å². The number of esters is 1. The molecule has 1 aromatic heterocycles. The van der Waals surface area contributed by atoms with Crippen LogP contribution in [-0.2, 0) is 9.53 Å². The maximum Gasteiger partial charge on any atom is 0.331 e. The van der Waals surface area contributed by atoms with Crippen molar-refractivity contribution in [1.29, 1.82) is 0 Å². The average molecular weight is 369 g/mol. The van der Waals surface area contributed by atoms with Crippen molar-refractivity contribution in [3.8, 4) is 0 Å². The molecule has 0 aliphatic heterocycles. The number of hydrogen-bond acceptors (Lipinski definition) is 4. The van der Waals surface area contributed by atoms with Crippen LogP contribution < -0.4 is 0 Å². The van der Waals surface area contributed by atoms with Crippen molar-refractivity contribution in [3.63, 3.8) is 0 Å². The highest BCUT2D eigenvalue weighted by Crippen LogP contribution is 2.22. The number of ether oxygens (including phenoxy) is 1. The Kier molecular flexibility index (Phi) is 5.41. The molecule has 6 heteroatoms. The predicted molar refractivity (Wildman–Crippen MR) is 82.7 cm³/mol. The highest BCUT2D eigenvalue weighted by atomic mass is 79.9. The van der Waals surface area contributed by atoms with Crippen molar-refractivity contribution >= 4 is 45.1 Å². The van der Waals surface area contributed by atoms with Crippen molar-refractivity contribution in [3.05, 3.63) is 62.5 Å². The monoisotopic (exact) mass is 368 g/mol. The molecule has 0 atom stereocenters. The largest absolute Gasteiger partial charge is 0.454 e. The summed E-state index contributed by atoms with van der Waals surface area (Å²) in [5.74, 6) is -1.30. The normalized spacial score (nSPS) is 10.8. The molecule has 2 aromatic rings. The van der Waals surface area contributed by atoms with Gasteiger partial charge in [-0.05, 0) is 51.8 Å². The smallest absolute Gasteiger partial charge is 0.331 e. The lowest BCUT2D eigenvalue weighted by atomic mass is 10.2. The molecule has 0 amide bonds. The molecule has 108 valence electrons. The number of benzene rings is 1. The molecule has 0 aliphatic carbocycles. The zero-order valence-electron chi connectivity index (χ0n) is 10.7. The van der Waals surface area contributed by atoms with Gasteiger partial charge in [-0.1, -0.05) is 12.1 Å². The molecule has 0 bridgehead atoms. The van der Waals surface area contributed by atoms with E-state index < -0.39 is 5.97 Å². The van der Waals surface area contributed by atoms with Gasteiger partial charge in [-0.25, -0.2) is 9.18 Å². The second-order valence-corrected chi connectivity index (χ2v) is 6.49. The summed E-state index contributed by atoms with van der Waals surface area (Å²) in [7, 11) is 0. The van der Waals surface area contributed by atoms with Crippen LogP contribution in [0.2, 0.25) is 0 Å². The van der Waals surface area contributed by atoms with E-state index in [1.165, 1.54) is 29.5 Å². The van der Waals surface area contributed by atoms with Gasteiger partial charge >= 0.3 is 5.97 Å². The van der Waals surface area contributed by atoms with Gasteiger partial charge in [0.25, 0.3) is 0 Å². The zero-order chi connectivity index (χ0) is 15.2. The number of halogens is 2. The Balaban J connectivity index is 1.86.